The molecule has 574 valence electrons. The maximum absolute atomic E-state index is 14.6. The van der Waals surface area contributed by atoms with Crippen LogP contribution in [0.15, 0.2) is 177 Å². The molecule has 0 radical (unpaired) electrons. The van der Waals surface area contributed by atoms with E-state index >= 15 is 0 Å². The van der Waals surface area contributed by atoms with Crippen LogP contribution in [0.5, 0.6) is 0 Å². The Morgan fingerprint density at radius 2 is 1.09 bits per heavy atom. The monoisotopic (exact) mass is 1450 g/mol. The Balaban J connectivity index is 0.00000168. The highest BCUT2D eigenvalue weighted by molar-refractivity contribution is 7.46. The number of allylic oxidation sites excluding steroid dienone is 1. The topological polar surface area (TPSA) is 234 Å². The van der Waals surface area contributed by atoms with Gasteiger partial charge in [0.25, 0.3) is 0 Å². The molecule has 0 amide bonds. The first kappa shape index (κ1) is 95.5. The number of carbonyl (C=O) groups is 4. The maximum Gasteiger partial charge on any atom is 0.469 e. The molecule has 6 rings (SSSR count). The van der Waals surface area contributed by atoms with Crippen LogP contribution in [0.1, 0.15) is 242 Å². The molecule has 4 aromatic rings. The van der Waals surface area contributed by atoms with Gasteiger partial charge in [-0.2, -0.15) is 9.59 Å². The minimum absolute atomic E-state index is 0.0377. The van der Waals surface area contributed by atoms with E-state index in [1.54, 1.807) is 20.8 Å². The molecular weight excluding hydrogens is 1320 g/mol. The highest BCUT2D eigenvalue weighted by atomic mass is 31.2. The van der Waals surface area contributed by atoms with Crippen molar-refractivity contribution in [3.05, 3.63) is 200 Å². The first-order valence-corrected chi connectivity index (χ1v) is 37.6. The Bertz CT molecular complexity index is 3170. The zero-order chi connectivity index (χ0) is 78.7. The molecule has 5 unspecified atom stereocenters. The Morgan fingerprint density at radius 3 is 1.43 bits per heavy atom. The lowest BCUT2D eigenvalue weighted by molar-refractivity contribution is -0.205. The molecule has 4 aromatic carbocycles. The lowest BCUT2D eigenvalue weighted by atomic mass is 9.52. The lowest BCUT2D eigenvalue weighted by Crippen LogP contribution is -2.53. The summed E-state index contributed by atoms with van der Waals surface area (Å²) in [6, 6.07) is 41.3. The molecule has 2 saturated carbocycles. The zero-order valence-electron chi connectivity index (χ0n) is 65.6. The number of ether oxygens (including phenoxy) is 7. The van der Waals surface area contributed by atoms with Crippen molar-refractivity contribution >= 4 is 43.9 Å². The van der Waals surface area contributed by atoms with Crippen molar-refractivity contribution < 1.29 is 80.8 Å². The third-order valence-corrected chi connectivity index (χ3v) is 19.2. The summed E-state index contributed by atoms with van der Waals surface area (Å²) in [5, 5.41) is 0. The standard InChI is InChI=1S/C47H64O7.C11H18O.C8H19O4P.C8H8.C5H8O2.C5H10O.CO2/c1-11-36(37-23-15-12-16-24-37)31-47(38-25-17-13-18-26-38,39-27-19-14-20-28-39)33-46(9,42(50)51-10)43(5,6)32-45(8,40(48)53-35(4)52-34(2)3)41(49)54-44(7)29-21-22-30-44;1-9(2)10(3)12-11(4)7-5-6-8-11;1-3-5-6-8(4-2)7-12-13(9,10)11;1-2-8-6-4-3-5-7-8;1-4(2)5(6)7-3;1-4-6-5(2)3;2-1-3/h12-20,23-28,34-36H,11,21-22,29-33H2,1-10H3;1,3,5-8H2,2,4H3;8H,3-7H2,1-2H3,(H2,9,10,11);2-7H,1H2;1H2,2-3H3;4-5H,1H2,2-3H3;. The summed E-state index contributed by atoms with van der Waals surface area (Å²) < 4.78 is 53.3. The van der Waals surface area contributed by atoms with E-state index in [0.717, 1.165) is 93.1 Å². The molecule has 5 atom stereocenters. The molecule has 0 spiro atoms. The van der Waals surface area contributed by atoms with E-state index in [1.165, 1.54) is 44.5 Å². The second-order valence-electron chi connectivity index (χ2n) is 28.6. The molecule has 2 N–H and O–H groups in total. The van der Waals surface area contributed by atoms with Gasteiger partial charge in [0.15, 0.2) is 11.7 Å². The summed E-state index contributed by atoms with van der Waals surface area (Å²) >= 11 is 0. The van der Waals surface area contributed by atoms with E-state index in [4.69, 9.17) is 47.8 Å². The molecule has 103 heavy (non-hydrogen) atoms. The Labute approximate surface area is 618 Å². The molecule has 0 saturated heterocycles. The fourth-order valence-electron chi connectivity index (χ4n) is 12.5. The molecule has 17 nitrogen and oxygen atoms in total. The summed E-state index contributed by atoms with van der Waals surface area (Å²) in [5.41, 5.74) is 0.567. The highest BCUT2D eigenvalue weighted by Crippen LogP contribution is 2.58. The molecule has 0 aliphatic heterocycles. The number of phosphoric ester groups is 1. The van der Waals surface area contributed by atoms with E-state index < -0.39 is 59.3 Å². The summed E-state index contributed by atoms with van der Waals surface area (Å²) in [5.74, 6) is -0.982. The summed E-state index contributed by atoms with van der Waals surface area (Å²) in [6.07, 6.45) is 16.9. The first-order valence-electron chi connectivity index (χ1n) is 36.0. The maximum atomic E-state index is 14.6. The zero-order valence-corrected chi connectivity index (χ0v) is 66.5. The molecule has 2 aliphatic rings. The van der Waals surface area contributed by atoms with Gasteiger partial charge in [0.05, 0.1) is 44.7 Å². The summed E-state index contributed by atoms with van der Waals surface area (Å²) in [7, 11) is -1.52. The fraction of sp³-hybridized carbons (Fsp3) is 0.541. The smallest absolute Gasteiger partial charge is 0.469 e. The van der Waals surface area contributed by atoms with Crippen LogP contribution in [-0.4, -0.2) is 90.3 Å². The van der Waals surface area contributed by atoms with E-state index in [9.17, 15) is 23.7 Å². The third-order valence-electron chi connectivity index (χ3n) is 18.7. The average molecular weight is 1450 g/mol. The minimum Gasteiger partial charge on any atom is -0.499 e. The number of methoxy groups -OCH3 is 2. The molecule has 0 bridgehead atoms. The van der Waals surface area contributed by atoms with E-state index in [0.29, 0.717) is 18.4 Å². The average Bonchev–Trinajstić information content (AvgIpc) is 1.01. The van der Waals surface area contributed by atoms with Gasteiger partial charge in [0.1, 0.15) is 17.0 Å². The highest BCUT2D eigenvalue weighted by Gasteiger charge is 2.60. The van der Waals surface area contributed by atoms with Crippen LogP contribution in [-0.2, 0) is 76.4 Å². The SMILES string of the molecule is C=C(C)C(=C)OC1(C)CCCC1.C=C(C)C(=O)OC.C=COC(C)C.C=Cc1ccccc1.CCC(CC(CC(C)(C(=O)OC)C(C)(C)CC(C)(C(=O)OC(C)OC(C)C)C(=O)OC1(C)CCCC1)(c1ccccc1)c1ccccc1)c1ccccc1.CCCCC(CC)COP(=O)(O)O.O=C=O. The van der Waals surface area contributed by atoms with Crippen molar-refractivity contribution in [1.82, 2.24) is 0 Å². The Kier molecular flexibility index (Phi) is 45.0. The second-order valence-corrected chi connectivity index (χ2v) is 29.9. The molecule has 2 fully saturated rings. The number of esters is 4. The lowest BCUT2D eigenvalue weighted by Gasteiger charge is -2.51. The van der Waals surface area contributed by atoms with E-state index in [1.807, 2.05) is 148 Å². The largest absolute Gasteiger partial charge is 0.499 e. The first-order chi connectivity index (χ1) is 48.3. The molecule has 2 aliphatic carbocycles. The summed E-state index contributed by atoms with van der Waals surface area (Å²) in [4.78, 5) is 86.9. The summed E-state index contributed by atoms with van der Waals surface area (Å²) in [6.45, 7) is 48.8. The van der Waals surface area contributed by atoms with Crippen molar-refractivity contribution in [3.63, 3.8) is 0 Å². The van der Waals surface area contributed by atoms with Gasteiger partial charge >= 0.3 is 37.9 Å². The van der Waals surface area contributed by atoms with Gasteiger partial charge in [-0.15, -0.1) is 0 Å². The van der Waals surface area contributed by atoms with Gasteiger partial charge in [-0.1, -0.05) is 214 Å². The predicted octanol–water partition coefficient (Wildman–Crippen LogP) is 20.5. The normalized spacial score (nSPS) is 15.3. The predicted molar refractivity (Wildman–Crippen MR) is 412 cm³/mol. The Hall–Kier alpha value is -7.49. The van der Waals surface area contributed by atoms with E-state index in [2.05, 4.69) is 111 Å². The van der Waals surface area contributed by atoms with Crippen molar-refractivity contribution in [2.24, 2.45) is 22.2 Å². The fourth-order valence-corrected chi connectivity index (χ4v) is 12.9. The van der Waals surface area contributed by atoms with Crippen molar-refractivity contribution in [2.45, 2.75) is 255 Å². The number of phosphoric acid groups is 1. The van der Waals surface area contributed by atoms with Crippen LogP contribution in [0.25, 0.3) is 6.08 Å². The van der Waals surface area contributed by atoms with Crippen LogP contribution >= 0.6 is 7.82 Å². The van der Waals surface area contributed by atoms with Crippen LogP contribution in [0.4, 0.5) is 0 Å². The van der Waals surface area contributed by atoms with Gasteiger partial charge in [0, 0.05) is 11.0 Å². The number of hydrogen-bond donors (Lipinski definition) is 2. The second kappa shape index (κ2) is 48.5. The van der Waals surface area contributed by atoms with Gasteiger partial charge < -0.3 is 42.9 Å². The molecule has 18 heteroatoms. The number of benzene rings is 4. The van der Waals surface area contributed by atoms with Crippen LogP contribution in [0.3, 0.4) is 0 Å². The Morgan fingerprint density at radius 1 is 0.631 bits per heavy atom. The molecule has 0 heterocycles. The van der Waals surface area contributed by atoms with Crippen molar-refractivity contribution in [3.8, 4) is 0 Å². The van der Waals surface area contributed by atoms with Gasteiger partial charge in [0.2, 0.25) is 0 Å². The van der Waals surface area contributed by atoms with Crippen LogP contribution in [0.2, 0.25) is 0 Å². The minimum atomic E-state index is -4.26. The van der Waals surface area contributed by atoms with Gasteiger partial charge in [-0.05, 0) is 205 Å². The molecule has 0 aromatic heterocycles. The van der Waals surface area contributed by atoms with Gasteiger partial charge in [-0.25, -0.2) is 9.36 Å². The van der Waals surface area contributed by atoms with Crippen LogP contribution in [0, 0.1) is 22.2 Å². The number of carbonyl (C=O) groups excluding carboxylic acids is 6. The number of rotatable bonds is 32. The quantitative estimate of drug-likeness (QED) is 0.00676. The molecular formula is C85H127O17P. The van der Waals surface area contributed by atoms with Crippen LogP contribution < -0.4 is 0 Å². The van der Waals surface area contributed by atoms with E-state index in [-0.39, 0.29) is 54.8 Å². The van der Waals surface area contributed by atoms with Crippen molar-refractivity contribution in [1.29, 1.82) is 0 Å². The number of hydrogen-bond acceptors (Lipinski definition) is 15. The third kappa shape index (κ3) is 35.2. The number of unbranched alkanes of at least 4 members (excludes halogenated alkanes) is 1. The van der Waals surface area contributed by atoms with Gasteiger partial charge in [-0.3, -0.25) is 18.9 Å². The van der Waals surface area contributed by atoms with Crippen molar-refractivity contribution in [2.75, 3.05) is 20.8 Å².